The Kier molecular flexibility index (Phi) is 4.54. The number of rotatable bonds is 4. The number of piperidine rings is 1. The maximum atomic E-state index is 4.14. The zero-order valence-electron chi connectivity index (χ0n) is 11.0. The maximum Gasteiger partial charge on any atom is 0.0794 e. The Morgan fingerprint density at radius 1 is 1.35 bits per heavy atom. The van der Waals surface area contributed by atoms with Gasteiger partial charge in [-0.25, -0.2) is 0 Å². The molecular weight excluding hydrogens is 230 g/mol. The van der Waals surface area contributed by atoms with E-state index in [0.717, 1.165) is 0 Å². The molecule has 1 atom stereocenters. The molecule has 1 aliphatic heterocycles. The van der Waals surface area contributed by atoms with Gasteiger partial charge in [0.05, 0.1) is 5.51 Å². The molecule has 1 aromatic heterocycles. The summed E-state index contributed by atoms with van der Waals surface area (Å²) < 4.78 is 0. The fourth-order valence-electron chi connectivity index (χ4n) is 2.46. The van der Waals surface area contributed by atoms with E-state index in [1.165, 1.54) is 30.8 Å². The molecule has 1 aromatic rings. The van der Waals surface area contributed by atoms with Crippen molar-refractivity contribution in [3.8, 4) is 0 Å². The SMILES string of the molecule is CC(NC1CCN(C(C)C)CC1)c1cncs1. The van der Waals surface area contributed by atoms with Gasteiger partial charge in [0.1, 0.15) is 0 Å². The molecule has 1 aliphatic rings. The summed E-state index contributed by atoms with van der Waals surface area (Å²) in [5.41, 5.74) is 1.91. The molecule has 0 saturated carbocycles. The molecule has 0 radical (unpaired) electrons. The Labute approximate surface area is 108 Å². The summed E-state index contributed by atoms with van der Waals surface area (Å²) in [6.07, 6.45) is 4.51. The first-order valence-electron chi connectivity index (χ1n) is 6.55. The van der Waals surface area contributed by atoms with Crippen molar-refractivity contribution in [2.45, 2.75) is 51.7 Å². The highest BCUT2D eigenvalue weighted by molar-refractivity contribution is 7.09. The molecule has 17 heavy (non-hydrogen) atoms. The third-order valence-electron chi connectivity index (χ3n) is 3.62. The third kappa shape index (κ3) is 3.50. The van der Waals surface area contributed by atoms with Gasteiger partial charge in [0.15, 0.2) is 0 Å². The van der Waals surface area contributed by atoms with Crippen LogP contribution in [0.25, 0.3) is 0 Å². The van der Waals surface area contributed by atoms with Crippen LogP contribution in [0, 0.1) is 0 Å². The lowest BCUT2D eigenvalue weighted by molar-refractivity contribution is 0.157. The van der Waals surface area contributed by atoms with Crippen LogP contribution in [0.5, 0.6) is 0 Å². The number of nitrogens with one attached hydrogen (secondary N) is 1. The van der Waals surface area contributed by atoms with E-state index < -0.39 is 0 Å². The molecule has 96 valence electrons. The molecule has 1 saturated heterocycles. The van der Waals surface area contributed by atoms with Gasteiger partial charge in [-0.3, -0.25) is 4.98 Å². The minimum absolute atomic E-state index is 0.443. The standard InChI is InChI=1S/C13H23N3S/c1-10(2)16-6-4-12(5-7-16)15-11(3)13-8-14-9-17-13/h8-12,15H,4-7H2,1-3H3. The van der Waals surface area contributed by atoms with Gasteiger partial charge in [0.25, 0.3) is 0 Å². The second-order valence-corrected chi connectivity index (χ2v) is 6.11. The normalized spacial score (nSPS) is 20.9. The number of thiazole rings is 1. The smallest absolute Gasteiger partial charge is 0.0794 e. The van der Waals surface area contributed by atoms with E-state index in [4.69, 9.17) is 0 Å². The Hall–Kier alpha value is -0.450. The minimum atomic E-state index is 0.443. The number of nitrogens with zero attached hydrogens (tertiary/aromatic N) is 2. The van der Waals surface area contributed by atoms with Gasteiger partial charge in [-0.15, -0.1) is 11.3 Å². The lowest BCUT2D eigenvalue weighted by Gasteiger charge is -2.36. The van der Waals surface area contributed by atoms with Crippen LogP contribution in [0.2, 0.25) is 0 Å². The van der Waals surface area contributed by atoms with E-state index in [1.807, 2.05) is 11.7 Å². The average Bonchev–Trinajstić information content (AvgIpc) is 2.83. The summed E-state index contributed by atoms with van der Waals surface area (Å²) in [6, 6.07) is 1.80. The van der Waals surface area contributed by atoms with Gasteiger partial charge in [-0.2, -0.15) is 0 Å². The van der Waals surface area contributed by atoms with Crippen molar-refractivity contribution in [1.82, 2.24) is 15.2 Å². The summed E-state index contributed by atoms with van der Waals surface area (Å²) in [7, 11) is 0. The minimum Gasteiger partial charge on any atom is -0.307 e. The van der Waals surface area contributed by atoms with Crippen LogP contribution in [-0.4, -0.2) is 35.1 Å². The topological polar surface area (TPSA) is 28.2 Å². The zero-order chi connectivity index (χ0) is 12.3. The monoisotopic (exact) mass is 253 g/mol. The first-order chi connectivity index (χ1) is 8.16. The fraction of sp³-hybridized carbons (Fsp3) is 0.769. The van der Waals surface area contributed by atoms with Gasteiger partial charge < -0.3 is 10.2 Å². The van der Waals surface area contributed by atoms with E-state index in [-0.39, 0.29) is 0 Å². The van der Waals surface area contributed by atoms with Crippen molar-refractivity contribution in [1.29, 1.82) is 0 Å². The molecule has 0 aromatic carbocycles. The highest BCUT2D eigenvalue weighted by Gasteiger charge is 2.22. The summed E-state index contributed by atoms with van der Waals surface area (Å²) >= 11 is 1.74. The van der Waals surface area contributed by atoms with Crippen molar-refractivity contribution >= 4 is 11.3 Å². The molecule has 0 aliphatic carbocycles. The van der Waals surface area contributed by atoms with Gasteiger partial charge >= 0.3 is 0 Å². The summed E-state index contributed by atoms with van der Waals surface area (Å²) in [5, 5.41) is 3.72. The molecular formula is C13H23N3S. The van der Waals surface area contributed by atoms with E-state index in [1.54, 1.807) is 11.3 Å². The first kappa shape index (κ1) is 13.0. The Bertz CT molecular complexity index is 315. The summed E-state index contributed by atoms with van der Waals surface area (Å²) in [5.74, 6) is 0. The molecule has 0 spiro atoms. The van der Waals surface area contributed by atoms with Gasteiger partial charge in [-0.05, 0) is 46.7 Å². The Morgan fingerprint density at radius 2 is 2.06 bits per heavy atom. The highest BCUT2D eigenvalue weighted by Crippen LogP contribution is 2.20. The van der Waals surface area contributed by atoms with Crippen molar-refractivity contribution in [2.24, 2.45) is 0 Å². The lowest BCUT2D eigenvalue weighted by Crippen LogP contribution is -2.45. The van der Waals surface area contributed by atoms with E-state index >= 15 is 0 Å². The average molecular weight is 253 g/mol. The van der Waals surface area contributed by atoms with Gasteiger partial charge in [-0.1, -0.05) is 0 Å². The van der Waals surface area contributed by atoms with Crippen LogP contribution in [0.1, 0.15) is 44.5 Å². The molecule has 1 N–H and O–H groups in total. The molecule has 0 amide bonds. The molecule has 1 fully saturated rings. The first-order valence-corrected chi connectivity index (χ1v) is 7.43. The van der Waals surface area contributed by atoms with Gasteiger partial charge in [0, 0.05) is 29.2 Å². The molecule has 3 nitrogen and oxygen atoms in total. The highest BCUT2D eigenvalue weighted by atomic mass is 32.1. The second-order valence-electron chi connectivity index (χ2n) is 5.20. The van der Waals surface area contributed by atoms with Crippen LogP contribution >= 0.6 is 11.3 Å². The van der Waals surface area contributed by atoms with Crippen molar-refractivity contribution in [3.05, 3.63) is 16.6 Å². The Balaban J connectivity index is 1.78. The molecule has 4 heteroatoms. The number of hydrogen-bond acceptors (Lipinski definition) is 4. The van der Waals surface area contributed by atoms with Crippen LogP contribution < -0.4 is 5.32 Å². The lowest BCUT2D eigenvalue weighted by atomic mass is 10.0. The molecule has 2 rings (SSSR count). The summed E-state index contributed by atoms with van der Waals surface area (Å²) in [6.45, 7) is 9.26. The molecule has 0 bridgehead atoms. The van der Waals surface area contributed by atoms with E-state index in [2.05, 4.69) is 36.0 Å². The van der Waals surface area contributed by atoms with Crippen molar-refractivity contribution < 1.29 is 0 Å². The van der Waals surface area contributed by atoms with Crippen molar-refractivity contribution in [3.63, 3.8) is 0 Å². The van der Waals surface area contributed by atoms with Crippen LogP contribution in [0.4, 0.5) is 0 Å². The quantitative estimate of drug-likeness (QED) is 0.894. The molecule has 1 unspecified atom stereocenters. The number of hydrogen-bond donors (Lipinski definition) is 1. The number of likely N-dealkylation sites (tertiary alicyclic amines) is 1. The molecule has 2 heterocycles. The van der Waals surface area contributed by atoms with E-state index in [9.17, 15) is 0 Å². The van der Waals surface area contributed by atoms with Crippen LogP contribution in [0.15, 0.2) is 11.7 Å². The van der Waals surface area contributed by atoms with Gasteiger partial charge in [0.2, 0.25) is 0 Å². The maximum absolute atomic E-state index is 4.14. The predicted octanol–water partition coefficient (Wildman–Crippen LogP) is 2.67. The van der Waals surface area contributed by atoms with E-state index in [0.29, 0.717) is 18.1 Å². The predicted molar refractivity (Wildman–Crippen MR) is 73.4 cm³/mol. The zero-order valence-corrected chi connectivity index (χ0v) is 11.8. The summed E-state index contributed by atoms with van der Waals surface area (Å²) in [4.78, 5) is 8.05. The Morgan fingerprint density at radius 3 is 2.59 bits per heavy atom. The second kappa shape index (κ2) is 5.94. The number of aromatic nitrogens is 1. The van der Waals surface area contributed by atoms with Crippen molar-refractivity contribution in [2.75, 3.05) is 13.1 Å². The van der Waals surface area contributed by atoms with Crippen LogP contribution in [0.3, 0.4) is 0 Å². The largest absolute Gasteiger partial charge is 0.307 e. The third-order valence-corrected chi connectivity index (χ3v) is 4.58. The van der Waals surface area contributed by atoms with Crippen LogP contribution in [-0.2, 0) is 0 Å². The fourth-order valence-corrected chi connectivity index (χ4v) is 3.09.